The molecular weight excluding hydrogens is 357 g/mol. The summed E-state index contributed by atoms with van der Waals surface area (Å²) in [6, 6.07) is 7.04. The molecule has 0 aliphatic carbocycles. The Morgan fingerprint density at radius 3 is 2.93 bits per heavy atom. The SMILES string of the molecule is CCc1nccn1CC(=O)N1CCCC(C2NNCC2c2ccc(F)cc2)C1. The highest BCUT2D eigenvalue weighted by atomic mass is 19.1. The molecule has 0 spiro atoms. The normalized spacial score (nSPS) is 25.2. The second-order valence-corrected chi connectivity index (χ2v) is 7.78. The van der Waals surface area contributed by atoms with Crippen LogP contribution in [0.1, 0.15) is 37.1 Å². The van der Waals surface area contributed by atoms with Crippen LogP contribution in [0.4, 0.5) is 4.39 Å². The van der Waals surface area contributed by atoms with Crippen LogP contribution >= 0.6 is 0 Å². The van der Waals surface area contributed by atoms with Crippen LogP contribution in [0.2, 0.25) is 0 Å². The zero-order valence-electron chi connectivity index (χ0n) is 16.3. The number of imidazole rings is 1. The van der Waals surface area contributed by atoms with E-state index < -0.39 is 0 Å². The Morgan fingerprint density at radius 1 is 1.32 bits per heavy atom. The fourth-order valence-electron chi connectivity index (χ4n) is 4.57. The first kappa shape index (κ1) is 19.1. The fraction of sp³-hybridized carbons (Fsp3) is 0.524. The van der Waals surface area contributed by atoms with E-state index in [1.54, 1.807) is 6.20 Å². The average molecular weight is 385 g/mol. The van der Waals surface area contributed by atoms with Gasteiger partial charge in [-0.2, -0.15) is 0 Å². The molecule has 3 atom stereocenters. The molecule has 2 aliphatic rings. The molecule has 3 unspecified atom stereocenters. The molecular formula is C21H28FN5O. The molecule has 0 radical (unpaired) electrons. The van der Waals surface area contributed by atoms with Crippen molar-refractivity contribution in [3.8, 4) is 0 Å². The molecule has 1 aromatic carbocycles. The van der Waals surface area contributed by atoms with Crippen molar-refractivity contribution < 1.29 is 9.18 Å². The predicted octanol–water partition coefficient (Wildman–Crippen LogP) is 2.08. The first-order chi connectivity index (χ1) is 13.7. The summed E-state index contributed by atoms with van der Waals surface area (Å²) >= 11 is 0. The Labute approximate surface area is 165 Å². The first-order valence-corrected chi connectivity index (χ1v) is 10.2. The van der Waals surface area contributed by atoms with E-state index in [1.807, 2.05) is 27.8 Å². The standard InChI is InChI=1S/C21H28FN5O/c1-2-19-23-9-11-26(19)14-20(28)27-10-3-4-16(13-27)21-18(12-24-25-21)15-5-7-17(22)8-6-15/h5-9,11,16,18,21,24-25H,2-4,10,12-14H2,1H3. The summed E-state index contributed by atoms with van der Waals surface area (Å²) < 4.78 is 15.2. The molecule has 150 valence electrons. The summed E-state index contributed by atoms with van der Waals surface area (Å²) in [5, 5.41) is 0. The molecule has 1 aromatic heterocycles. The Balaban J connectivity index is 1.42. The molecule has 28 heavy (non-hydrogen) atoms. The number of hydrazine groups is 1. The Kier molecular flexibility index (Phi) is 5.73. The lowest BCUT2D eigenvalue weighted by atomic mass is 9.81. The largest absolute Gasteiger partial charge is 0.341 e. The van der Waals surface area contributed by atoms with Gasteiger partial charge in [0.05, 0.1) is 0 Å². The monoisotopic (exact) mass is 385 g/mol. The van der Waals surface area contributed by atoms with Gasteiger partial charge in [0.2, 0.25) is 5.91 Å². The third kappa shape index (κ3) is 3.95. The minimum absolute atomic E-state index is 0.154. The van der Waals surface area contributed by atoms with E-state index in [0.717, 1.165) is 50.3 Å². The van der Waals surface area contributed by atoms with Gasteiger partial charge in [-0.1, -0.05) is 19.1 Å². The fourth-order valence-corrected chi connectivity index (χ4v) is 4.57. The third-order valence-corrected chi connectivity index (χ3v) is 6.06. The lowest BCUT2D eigenvalue weighted by Gasteiger charge is -2.37. The van der Waals surface area contributed by atoms with Crippen LogP contribution in [0.15, 0.2) is 36.7 Å². The van der Waals surface area contributed by atoms with E-state index in [0.29, 0.717) is 12.5 Å². The number of aromatic nitrogens is 2. The lowest BCUT2D eigenvalue weighted by molar-refractivity contribution is -0.133. The zero-order valence-corrected chi connectivity index (χ0v) is 16.3. The van der Waals surface area contributed by atoms with E-state index >= 15 is 0 Å². The van der Waals surface area contributed by atoms with Crippen LogP contribution < -0.4 is 10.9 Å². The topological polar surface area (TPSA) is 62.2 Å². The molecule has 4 rings (SSSR count). The molecule has 2 aromatic rings. The number of nitrogens with zero attached hydrogens (tertiary/aromatic N) is 3. The maximum atomic E-state index is 13.3. The summed E-state index contributed by atoms with van der Waals surface area (Å²) in [5.41, 5.74) is 7.82. The highest BCUT2D eigenvalue weighted by Crippen LogP contribution is 2.31. The number of amides is 1. The smallest absolute Gasteiger partial charge is 0.242 e. The molecule has 2 aliphatic heterocycles. The van der Waals surface area contributed by atoms with Crippen LogP contribution in [0.3, 0.4) is 0 Å². The van der Waals surface area contributed by atoms with Crippen molar-refractivity contribution in [2.75, 3.05) is 19.6 Å². The van der Waals surface area contributed by atoms with Gasteiger partial charge in [-0.3, -0.25) is 15.6 Å². The number of carbonyl (C=O) groups is 1. The highest BCUT2D eigenvalue weighted by Gasteiger charge is 2.37. The number of hydrogen-bond acceptors (Lipinski definition) is 4. The van der Waals surface area contributed by atoms with Crippen molar-refractivity contribution in [3.63, 3.8) is 0 Å². The summed E-state index contributed by atoms with van der Waals surface area (Å²) in [7, 11) is 0. The lowest BCUT2D eigenvalue weighted by Crippen LogP contribution is -2.49. The molecule has 2 saturated heterocycles. The van der Waals surface area contributed by atoms with E-state index in [9.17, 15) is 9.18 Å². The number of piperidine rings is 1. The van der Waals surface area contributed by atoms with Gasteiger partial charge in [0.15, 0.2) is 0 Å². The number of benzene rings is 1. The number of aryl methyl sites for hydroxylation is 1. The van der Waals surface area contributed by atoms with Crippen molar-refractivity contribution in [2.45, 2.75) is 44.7 Å². The summed E-state index contributed by atoms with van der Waals surface area (Å²) in [4.78, 5) is 19.2. The Bertz CT molecular complexity index is 805. The second-order valence-electron chi connectivity index (χ2n) is 7.78. The van der Waals surface area contributed by atoms with Crippen LogP contribution in [-0.4, -0.2) is 46.0 Å². The number of nitrogens with one attached hydrogen (secondary N) is 2. The van der Waals surface area contributed by atoms with Gasteiger partial charge in [-0.05, 0) is 36.5 Å². The van der Waals surface area contributed by atoms with Gasteiger partial charge >= 0.3 is 0 Å². The summed E-state index contributed by atoms with van der Waals surface area (Å²) in [5.74, 6) is 1.54. The van der Waals surface area contributed by atoms with Gasteiger partial charge in [0.1, 0.15) is 18.2 Å². The summed E-state index contributed by atoms with van der Waals surface area (Å²) in [6.45, 7) is 4.79. The van der Waals surface area contributed by atoms with Crippen molar-refractivity contribution in [2.24, 2.45) is 5.92 Å². The van der Waals surface area contributed by atoms with Gasteiger partial charge in [0.25, 0.3) is 0 Å². The van der Waals surface area contributed by atoms with Gasteiger partial charge in [0, 0.05) is 50.4 Å². The number of halogens is 1. The van der Waals surface area contributed by atoms with Gasteiger partial charge < -0.3 is 9.47 Å². The molecule has 3 heterocycles. The molecule has 7 heteroatoms. The number of rotatable bonds is 5. The van der Waals surface area contributed by atoms with E-state index in [-0.39, 0.29) is 23.7 Å². The van der Waals surface area contributed by atoms with E-state index in [4.69, 9.17) is 0 Å². The van der Waals surface area contributed by atoms with Gasteiger partial charge in [-0.25, -0.2) is 9.37 Å². The van der Waals surface area contributed by atoms with Crippen molar-refractivity contribution in [3.05, 3.63) is 53.9 Å². The van der Waals surface area contributed by atoms with Crippen LogP contribution in [0.25, 0.3) is 0 Å². The Hall–Kier alpha value is -2.25. The minimum Gasteiger partial charge on any atom is -0.341 e. The zero-order chi connectivity index (χ0) is 19.5. The van der Waals surface area contributed by atoms with E-state index in [2.05, 4.69) is 22.8 Å². The van der Waals surface area contributed by atoms with Crippen molar-refractivity contribution in [1.82, 2.24) is 25.3 Å². The maximum Gasteiger partial charge on any atom is 0.242 e. The first-order valence-electron chi connectivity index (χ1n) is 10.2. The number of likely N-dealkylation sites (tertiary alicyclic amines) is 1. The molecule has 2 fully saturated rings. The van der Waals surface area contributed by atoms with Crippen LogP contribution in [0.5, 0.6) is 0 Å². The molecule has 0 bridgehead atoms. The predicted molar refractivity (Wildman–Crippen MR) is 105 cm³/mol. The third-order valence-electron chi connectivity index (χ3n) is 6.06. The Morgan fingerprint density at radius 2 is 2.14 bits per heavy atom. The van der Waals surface area contributed by atoms with Crippen LogP contribution in [-0.2, 0) is 17.8 Å². The quantitative estimate of drug-likeness (QED) is 0.827. The number of carbonyl (C=O) groups excluding carboxylic acids is 1. The molecule has 0 saturated carbocycles. The molecule has 2 N–H and O–H groups in total. The van der Waals surface area contributed by atoms with Crippen LogP contribution in [0, 0.1) is 11.7 Å². The minimum atomic E-state index is -0.209. The summed E-state index contributed by atoms with van der Waals surface area (Å²) in [6.07, 6.45) is 6.55. The number of hydrogen-bond donors (Lipinski definition) is 2. The van der Waals surface area contributed by atoms with Crippen molar-refractivity contribution >= 4 is 5.91 Å². The average Bonchev–Trinajstić information content (AvgIpc) is 3.38. The molecule has 1 amide bonds. The second kappa shape index (κ2) is 8.41. The molecule has 6 nitrogen and oxygen atoms in total. The van der Waals surface area contributed by atoms with Crippen molar-refractivity contribution in [1.29, 1.82) is 0 Å². The van der Waals surface area contributed by atoms with E-state index in [1.165, 1.54) is 12.1 Å². The van der Waals surface area contributed by atoms with Gasteiger partial charge in [-0.15, -0.1) is 0 Å². The maximum absolute atomic E-state index is 13.3. The highest BCUT2D eigenvalue weighted by molar-refractivity contribution is 5.76.